The number of carboxylic acids is 1. The number of ether oxygens (including phenoxy) is 1. The summed E-state index contributed by atoms with van der Waals surface area (Å²) in [5.74, 6) is -0.776. The fourth-order valence-electron chi connectivity index (χ4n) is 0.941. The van der Waals surface area contributed by atoms with Gasteiger partial charge in [-0.05, 0) is 6.92 Å². The number of carbonyl (C=O) groups is 2. The molecule has 0 saturated carbocycles. The lowest BCUT2D eigenvalue weighted by molar-refractivity contribution is -0.139. The van der Waals surface area contributed by atoms with Crippen LogP contribution in [0.15, 0.2) is 0 Å². The molecule has 0 aliphatic carbocycles. The van der Waals surface area contributed by atoms with Gasteiger partial charge in [-0.2, -0.15) is 0 Å². The molecule has 0 bridgehead atoms. The summed E-state index contributed by atoms with van der Waals surface area (Å²) in [5, 5.41) is 14.3. The van der Waals surface area contributed by atoms with Crippen LogP contribution in [0.1, 0.15) is 6.92 Å². The van der Waals surface area contributed by atoms with Gasteiger partial charge in [0.1, 0.15) is 6.04 Å². The predicted octanol–water partition coefficient (Wildman–Crippen LogP) is 0.0141. The normalized spacial score (nSPS) is 19.7. The van der Waals surface area contributed by atoms with E-state index in [4.69, 9.17) is 16.7 Å². The fraction of sp³-hybridized carbons (Fsp3) is 0.750. The Morgan fingerprint density at radius 3 is 2.40 bits per heavy atom. The third-order valence-electron chi connectivity index (χ3n) is 1.60. The van der Waals surface area contributed by atoms with Crippen molar-refractivity contribution in [1.82, 2.24) is 10.6 Å². The standard InChI is InChI=1S/C5H10N2O2.C3H5ClO2/c8-5(9)4-3-6-1-2-7-4;1-2-6-3(4)5/h4,6-7H,1-3H2,(H,8,9);2H2,1H3. The van der Waals surface area contributed by atoms with Gasteiger partial charge in [-0.1, -0.05) is 0 Å². The van der Waals surface area contributed by atoms with Crippen molar-refractivity contribution >= 4 is 23.0 Å². The second-order valence-electron chi connectivity index (χ2n) is 2.72. The molecule has 0 radical (unpaired) electrons. The molecular weight excluding hydrogens is 224 g/mol. The van der Waals surface area contributed by atoms with Crippen molar-refractivity contribution in [2.75, 3.05) is 26.2 Å². The van der Waals surface area contributed by atoms with E-state index in [-0.39, 0.29) is 0 Å². The van der Waals surface area contributed by atoms with Gasteiger partial charge in [-0.3, -0.25) is 4.79 Å². The third kappa shape index (κ3) is 8.17. The van der Waals surface area contributed by atoms with Gasteiger partial charge < -0.3 is 20.5 Å². The number of hydrogen-bond acceptors (Lipinski definition) is 5. The number of carbonyl (C=O) groups excluding carboxylic acids is 1. The molecule has 1 fully saturated rings. The summed E-state index contributed by atoms with van der Waals surface area (Å²) in [7, 11) is 0. The first kappa shape index (κ1) is 14.2. The van der Waals surface area contributed by atoms with E-state index in [2.05, 4.69) is 15.4 Å². The first-order valence-electron chi connectivity index (χ1n) is 4.57. The molecule has 0 amide bonds. The Morgan fingerprint density at radius 1 is 1.53 bits per heavy atom. The minimum Gasteiger partial charge on any atom is -0.480 e. The van der Waals surface area contributed by atoms with Crippen LogP contribution in [-0.2, 0) is 9.53 Å². The van der Waals surface area contributed by atoms with Crippen LogP contribution in [0.5, 0.6) is 0 Å². The molecule has 3 N–H and O–H groups in total. The number of hydrogen-bond donors (Lipinski definition) is 3. The molecule has 88 valence electrons. The summed E-state index contributed by atoms with van der Waals surface area (Å²) in [6, 6.07) is -0.390. The highest BCUT2D eigenvalue weighted by molar-refractivity contribution is 6.61. The topological polar surface area (TPSA) is 87.7 Å². The molecule has 1 heterocycles. The van der Waals surface area contributed by atoms with Crippen molar-refractivity contribution in [3.05, 3.63) is 0 Å². The van der Waals surface area contributed by atoms with Crippen LogP contribution < -0.4 is 10.6 Å². The van der Waals surface area contributed by atoms with Crippen molar-refractivity contribution in [3.63, 3.8) is 0 Å². The first-order chi connectivity index (χ1) is 7.07. The molecule has 6 nitrogen and oxygen atoms in total. The summed E-state index contributed by atoms with van der Waals surface area (Å²) >= 11 is 4.72. The van der Waals surface area contributed by atoms with Crippen molar-refractivity contribution in [2.45, 2.75) is 13.0 Å². The average molecular weight is 239 g/mol. The monoisotopic (exact) mass is 238 g/mol. The van der Waals surface area contributed by atoms with Gasteiger partial charge in [-0.15, -0.1) is 0 Å². The lowest BCUT2D eigenvalue weighted by Gasteiger charge is -2.20. The van der Waals surface area contributed by atoms with Crippen molar-refractivity contribution in [3.8, 4) is 0 Å². The third-order valence-corrected chi connectivity index (χ3v) is 1.71. The lowest BCUT2D eigenvalue weighted by atomic mass is 10.2. The maximum absolute atomic E-state index is 10.3. The highest BCUT2D eigenvalue weighted by Crippen LogP contribution is 1.85. The van der Waals surface area contributed by atoms with Gasteiger partial charge in [0.25, 0.3) is 0 Å². The Hall–Kier alpha value is -0.850. The number of carboxylic acid groups (broad SMARTS) is 1. The molecule has 0 aromatic rings. The minimum absolute atomic E-state index is 0.350. The van der Waals surface area contributed by atoms with Crippen LogP contribution in [0, 0.1) is 0 Å². The smallest absolute Gasteiger partial charge is 0.403 e. The Labute approximate surface area is 92.9 Å². The van der Waals surface area contributed by atoms with Crippen LogP contribution >= 0.6 is 11.6 Å². The summed E-state index contributed by atoms with van der Waals surface area (Å²) in [6.07, 6.45) is 0. The van der Waals surface area contributed by atoms with Gasteiger partial charge in [0.05, 0.1) is 6.61 Å². The molecular formula is C8H15ClN2O4. The minimum atomic E-state index is -0.776. The zero-order valence-electron chi connectivity index (χ0n) is 8.46. The largest absolute Gasteiger partial charge is 0.480 e. The zero-order chi connectivity index (χ0) is 11.7. The molecule has 1 saturated heterocycles. The van der Waals surface area contributed by atoms with E-state index in [1.165, 1.54) is 0 Å². The molecule has 15 heavy (non-hydrogen) atoms. The summed E-state index contributed by atoms with van der Waals surface area (Å²) in [5.41, 5.74) is -0.738. The molecule has 0 aromatic carbocycles. The van der Waals surface area contributed by atoms with Gasteiger partial charge in [-0.25, -0.2) is 4.79 Å². The quantitative estimate of drug-likeness (QED) is 0.588. The van der Waals surface area contributed by atoms with Crippen LogP contribution in [0.3, 0.4) is 0 Å². The van der Waals surface area contributed by atoms with Crippen LogP contribution in [0.2, 0.25) is 0 Å². The van der Waals surface area contributed by atoms with E-state index >= 15 is 0 Å². The number of rotatable bonds is 2. The van der Waals surface area contributed by atoms with Crippen LogP contribution in [0.25, 0.3) is 0 Å². The zero-order valence-corrected chi connectivity index (χ0v) is 9.21. The summed E-state index contributed by atoms with van der Waals surface area (Å²) < 4.78 is 4.17. The number of nitrogens with one attached hydrogen (secondary N) is 2. The number of aliphatic carboxylic acids is 1. The fourth-order valence-corrected chi connectivity index (χ4v) is 1.05. The van der Waals surface area contributed by atoms with E-state index in [1.54, 1.807) is 6.92 Å². The SMILES string of the molecule is CCOC(=O)Cl.O=C(O)C1CNCCN1. The molecule has 0 aromatic heterocycles. The predicted molar refractivity (Wildman–Crippen MR) is 55.2 cm³/mol. The molecule has 1 aliphatic rings. The highest BCUT2D eigenvalue weighted by Gasteiger charge is 2.18. The maximum atomic E-state index is 10.3. The van der Waals surface area contributed by atoms with Gasteiger partial charge in [0, 0.05) is 31.2 Å². The van der Waals surface area contributed by atoms with Crippen LogP contribution in [-0.4, -0.2) is 48.8 Å². The summed E-state index contributed by atoms with van der Waals surface area (Å²) in [6.45, 7) is 4.19. The van der Waals surface area contributed by atoms with Gasteiger partial charge >= 0.3 is 11.4 Å². The van der Waals surface area contributed by atoms with E-state index in [1.807, 2.05) is 0 Å². The molecule has 7 heteroatoms. The maximum Gasteiger partial charge on any atom is 0.403 e. The van der Waals surface area contributed by atoms with Gasteiger partial charge in [0.2, 0.25) is 0 Å². The molecule has 0 spiro atoms. The van der Waals surface area contributed by atoms with Crippen molar-refractivity contribution < 1.29 is 19.4 Å². The second kappa shape index (κ2) is 8.46. The Bertz CT molecular complexity index is 207. The highest BCUT2D eigenvalue weighted by atomic mass is 35.5. The lowest BCUT2D eigenvalue weighted by Crippen LogP contribution is -2.52. The van der Waals surface area contributed by atoms with Gasteiger partial charge in [0.15, 0.2) is 0 Å². The first-order valence-corrected chi connectivity index (χ1v) is 4.94. The average Bonchev–Trinajstić information content (AvgIpc) is 2.20. The Morgan fingerprint density at radius 2 is 2.20 bits per heavy atom. The summed E-state index contributed by atoms with van der Waals surface area (Å²) in [4.78, 5) is 19.8. The van der Waals surface area contributed by atoms with Crippen LogP contribution in [0.4, 0.5) is 4.79 Å². The van der Waals surface area contributed by atoms with Crippen molar-refractivity contribution in [1.29, 1.82) is 0 Å². The molecule has 1 atom stereocenters. The number of piperazine rings is 1. The molecule has 1 aliphatic heterocycles. The van der Waals surface area contributed by atoms with E-state index in [9.17, 15) is 9.59 Å². The van der Waals surface area contributed by atoms with E-state index in [0.717, 1.165) is 13.1 Å². The van der Waals surface area contributed by atoms with E-state index in [0.29, 0.717) is 13.2 Å². The molecule has 1 rings (SSSR count). The van der Waals surface area contributed by atoms with E-state index < -0.39 is 17.4 Å². The van der Waals surface area contributed by atoms with Crippen molar-refractivity contribution in [2.24, 2.45) is 0 Å². The Balaban J connectivity index is 0.000000288. The Kier molecular flexibility index (Phi) is 7.98. The number of halogens is 1. The molecule has 1 unspecified atom stereocenters. The second-order valence-corrected chi connectivity index (χ2v) is 3.03.